The Morgan fingerprint density at radius 3 is 2.60 bits per heavy atom. The number of hydrogen-bond donors (Lipinski definition) is 1. The van der Waals surface area contributed by atoms with E-state index in [2.05, 4.69) is 5.32 Å². The molecule has 1 saturated heterocycles. The van der Waals surface area contributed by atoms with Crippen molar-refractivity contribution in [3.63, 3.8) is 0 Å². The second-order valence-electron chi connectivity index (χ2n) is 7.49. The Morgan fingerprint density at radius 2 is 1.91 bits per heavy atom. The van der Waals surface area contributed by atoms with Gasteiger partial charge in [-0.2, -0.15) is 9.57 Å². The van der Waals surface area contributed by atoms with Gasteiger partial charge in [-0.1, -0.05) is 18.2 Å². The molecule has 0 saturated carbocycles. The normalized spacial score (nSPS) is 15.2. The number of carbonyl (C=O) groups is 2. The fraction of sp³-hybridized carbons (Fsp3) is 0.292. The van der Waals surface area contributed by atoms with Crippen LogP contribution in [0.4, 0.5) is 5.69 Å². The van der Waals surface area contributed by atoms with Crippen molar-refractivity contribution >= 4 is 33.7 Å². The van der Waals surface area contributed by atoms with Crippen LogP contribution in [0.15, 0.2) is 53.4 Å². The Balaban J connectivity index is 1.69. The minimum atomic E-state index is -3.83. The summed E-state index contributed by atoms with van der Waals surface area (Å²) in [6.07, 6.45) is 1.35. The largest absolute Gasteiger partial charge is 0.495 e. The number of benzene rings is 2. The first-order valence-electron chi connectivity index (χ1n) is 10.7. The number of methoxy groups -OCH3 is 1. The lowest BCUT2D eigenvalue weighted by Gasteiger charge is -2.26. The van der Waals surface area contributed by atoms with Gasteiger partial charge in [0.25, 0.3) is 5.91 Å². The van der Waals surface area contributed by atoms with Crippen LogP contribution in [-0.4, -0.2) is 64.1 Å². The number of nitrogens with zero attached hydrogens (tertiary/aromatic N) is 2. The molecule has 1 N–H and O–H groups in total. The van der Waals surface area contributed by atoms with Crippen LogP contribution in [-0.2, 0) is 29.1 Å². The van der Waals surface area contributed by atoms with E-state index in [0.717, 1.165) is 6.08 Å². The van der Waals surface area contributed by atoms with Gasteiger partial charge < -0.3 is 19.5 Å². The molecular formula is C24H25N3O7S. The lowest BCUT2D eigenvalue weighted by molar-refractivity contribution is -0.148. The van der Waals surface area contributed by atoms with Crippen molar-refractivity contribution in [3.8, 4) is 11.8 Å². The molecular weight excluding hydrogens is 474 g/mol. The van der Waals surface area contributed by atoms with Crippen LogP contribution in [0.2, 0.25) is 0 Å². The number of nitriles is 1. The molecule has 0 aliphatic carbocycles. The van der Waals surface area contributed by atoms with Crippen LogP contribution in [0.3, 0.4) is 0 Å². The number of ether oxygens (including phenoxy) is 3. The molecule has 0 bridgehead atoms. The van der Waals surface area contributed by atoms with Gasteiger partial charge >= 0.3 is 5.97 Å². The highest BCUT2D eigenvalue weighted by molar-refractivity contribution is 7.89. The zero-order valence-corrected chi connectivity index (χ0v) is 20.1. The number of esters is 1. The third-order valence-electron chi connectivity index (χ3n) is 5.15. The number of para-hydroxylation sites is 1. The number of hydrogen-bond acceptors (Lipinski definition) is 8. The molecule has 0 spiro atoms. The number of sulfonamides is 1. The Kier molecular flexibility index (Phi) is 8.59. The number of anilines is 1. The topological polar surface area (TPSA) is 135 Å². The van der Waals surface area contributed by atoms with Crippen molar-refractivity contribution in [1.82, 2.24) is 4.31 Å². The molecule has 2 aromatic carbocycles. The van der Waals surface area contributed by atoms with Crippen LogP contribution in [0, 0.1) is 11.3 Å². The smallest absolute Gasteiger partial charge is 0.331 e. The number of morpholine rings is 1. The van der Waals surface area contributed by atoms with Gasteiger partial charge in [0.1, 0.15) is 16.7 Å². The third-order valence-corrected chi connectivity index (χ3v) is 7.07. The molecule has 1 unspecified atom stereocenters. The zero-order valence-electron chi connectivity index (χ0n) is 19.3. The lowest BCUT2D eigenvalue weighted by atomic mass is 10.2. The summed E-state index contributed by atoms with van der Waals surface area (Å²) in [5.41, 5.74) is 1.02. The standard InChI is InChI=1S/C24H25N3O7S/c1-17(24(29)26-20-6-4-3-5-19(20)16-25)34-23(28)10-8-18-7-9-21(32-2)22(15-18)35(30,31)27-11-13-33-14-12-27/h3-10,15,17H,11-14H2,1-2H3,(H,26,29)/b10-8+. The molecule has 35 heavy (non-hydrogen) atoms. The van der Waals surface area contributed by atoms with Gasteiger partial charge in [0.2, 0.25) is 10.0 Å². The Bertz CT molecular complexity index is 1260. The van der Waals surface area contributed by atoms with Gasteiger partial charge in [-0.3, -0.25) is 4.79 Å². The van der Waals surface area contributed by atoms with Crippen molar-refractivity contribution in [2.24, 2.45) is 0 Å². The minimum Gasteiger partial charge on any atom is -0.495 e. The summed E-state index contributed by atoms with van der Waals surface area (Å²) < 4.78 is 43.1. The summed E-state index contributed by atoms with van der Waals surface area (Å²) in [5.74, 6) is -1.22. The fourth-order valence-corrected chi connectivity index (χ4v) is 4.88. The van der Waals surface area contributed by atoms with Gasteiger partial charge in [-0.25, -0.2) is 13.2 Å². The number of carbonyl (C=O) groups excluding carboxylic acids is 2. The summed E-state index contributed by atoms with van der Waals surface area (Å²) in [4.78, 5) is 24.6. The van der Waals surface area contributed by atoms with Crippen molar-refractivity contribution < 1.29 is 32.2 Å². The van der Waals surface area contributed by atoms with Gasteiger partial charge in [0.15, 0.2) is 6.10 Å². The highest BCUT2D eigenvalue weighted by atomic mass is 32.2. The van der Waals surface area contributed by atoms with Gasteiger partial charge in [-0.05, 0) is 42.8 Å². The summed E-state index contributed by atoms with van der Waals surface area (Å²) in [5, 5.41) is 11.7. The molecule has 1 aliphatic rings. The first-order valence-corrected chi connectivity index (χ1v) is 12.1. The maximum atomic E-state index is 13.1. The molecule has 184 valence electrons. The average molecular weight is 500 g/mol. The van der Waals surface area contributed by atoms with E-state index in [0.29, 0.717) is 24.5 Å². The average Bonchev–Trinajstić information content (AvgIpc) is 2.88. The molecule has 1 amide bonds. The molecule has 11 heteroatoms. The molecule has 2 aromatic rings. The van der Waals surface area contributed by atoms with E-state index in [4.69, 9.17) is 19.5 Å². The van der Waals surface area contributed by atoms with Crippen molar-refractivity contribution in [2.75, 3.05) is 38.7 Å². The van der Waals surface area contributed by atoms with Crippen LogP contribution in [0.5, 0.6) is 5.75 Å². The Morgan fingerprint density at radius 1 is 1.20 bits per heavy atom. The van der Waals surface area contributed by atoms with E-state index in [1.807, 2.05) is 6.07 Å². The molecule has 3 rings (SSSR count). The van der Waals surface area contributed by atoms with E-state index in [9.17, 15) is 18.0 Å². The van der Waals surface area contributed by atoms with E-state index in [-0.39, 0.29) is 29.3 Å². The highest BCUT2D eigenvalue weighted by Crippen LogP contribution is 2.29. The van der Waals surface area contributed by atoms with Crippen LogP contribution < -0.4 is 10.1 Å². The van der Waals surface area contributed by atoms with E-state index in [1.54, 1.807) is 30.3 Å². The number of rotatable bonds is 8. The van der Waals surface area contributed by atoms with Crippen molar-refractivity contribution in [1.29, 1.82) is 5.26 Å². The molecule has 1 aliphatic heterocycles. The Labute approximate surface area is 203 Å². The lowest BCUT2D eigenvalue weighted by Crippen LogP contribution is -2.40. The fourth-order valence-electron chi connectivity index (χ4n) is 3.28. The van der Waals surface area contributed by atoms with Crippen LogP contribution in [0.1, 0.15) is 18.1 Å². The van der Waals surface area contributed by atoms with Gasteiger partial charge in [0, 0.05) is 19.2 Å². The third kappa shape index (κ3) is 6.45. The van der Waals surface area contributed by atoms with Crippen molar-refractivity contribution in [3.05, 3.63) is 59.7 Å². The van der Waals surface area contributed by atoms with E-state index < -0.39 is 28.0 Å². The second-order valence-corrected chi connectivity index (χ2v) is 9.39. The monoisotopic (exact) mass is 499 g/mol. The zero-order chi connectivity index (χ0) is 25.4. The highest BCUT2D eigenvalue weighted by Gasteiger charge is 2.29. The summed E-state index contributed by atoms with van der Waals surface area (Å²) in [6.45, 7) is 2.48. The first-order chi connectivity index (χ1) is 16.8. The number of nitrogens with one attached hydrogen (secondary N) is 1. The maximum Gasteiger partial charge on any atom is 0.331 e. The predicted molar refractivity (Wildman–Crippen MR) is 127 cm³/mol. The van der Waals surface area contributed by atoms with Crippen molar-refractivity contribution in [2.45, 2.75) is 17.9 Å². The maximum absolute atomic E-state index is 13.1. The molecule has 10 nitrogen and oxygen atoms in total. The molecule has 1 atom stereocenters. The Hall–Kier alpha value is -3.72. The molecule has 0 aromatic heterocycles. The second kappa shape index (κ2) is 11.6. The first kappa shape index (κ1) is 25.9. The predicted octanol–water partition coefficient (Wildman–Crippen LogP) is 2.17. The summed E-state index contributed by atoms with van der Waals surface area (Å²) >= 11 is 0. The minimum absolute atomic E-state index is 0.0266. The quantitative estimate of drug-likeness (QED) is 0.431. The summed E-state index contributed by atoms with van der Waals surface area (Å²) in [7, 11) is -2.45. The SMILES string of the molecule is COc1ccc(/C=C/C(=O)OC(C)C(=O)Nc2ccccc2C#N)cc1S(=O)(=O)N1CCOCC1. The van der Waals surface area contributed by atoms with E-state index in [1.165, 1.54) is 36.5 Å². The number of amides is 1. The van der Waals surface area contributed by atoms with Crippen LogP contribution in [0.25, 0.3) is 6.08 Å². The van der Waals surface area contributed by atoms with E-state index >= 15 is 0 Å². The van der Waals surface area contributed by atoms with Crippen LogP contribution >= 0.6 is 0 Å². The van der Waals surface area contributed by atoms with Gasteiger partial charge in [-0.15, -0.1) is 0 Å². The van der Waals surface area contributed by atoms with Gasteiger partial charge in [0.05, 0.1) is 31.6 Å². The molecule has 1 fully saturated rings. The molecule has 0 radical (unpaired) electrons. The summed E-state index contributed by atoms with van der Waals surface area (Å²) in [6, 6.07) is 12.9. The molecule has 1 heterocycles.